The van der Waals surface area contributed by atoms with E-state index in [1.165, 1.54) is 32.2 Å². The monoisotopic (exact) mass is 371 g/mol. The van der Waals surface area contributed by atoms with Crippen molar-refractivity contribution >= 4 is 18.7 Å². The summed E-state index contributed by atoms with van der Waals surface area (Å²) in [6, 6.07) is 1.11. The summed E-state index contributed by atoms with van der Waals surface area (Å²) in [4.78, 5) is 14.3. The summed E-state index contributed by atoms with van der Waals surface area (Å²) in [5.41, 5.74) is 6.40. The number of hydrogen-bond acceptors (Lipinski definition) is 5. The number of nitrogens with two attached hydrogens (primary N) is 1. The van der Waals surface area contributed by atoms with Gasteiger partial charge in [-0.15, -0.1) is 12.6 Å². The predicted molar refractivity (Wildman–Crippen MR) is 109 cm³/mol. The van der Waals surface area contributed by atoms with Gasteiger partial charge in [0.05, 0.1) is 13.1 Å². The van der Waals surface area contributed by atoms with Crippen molar-refractivity contribution in [2.24, 2.45) is 5.73 Å². The van der Waals surface area contributed by atoms with Gasteiger partial charge in [0.15, 0.2) is 0 Å². The Morgan fingerprint density at radius 1 is 1.24 bits per heavy atom. The quantitative estimate of drug-likeness (QED) is 0.492. The van der Waals surface area contributed by atoms with Crippen LogP contribution in [0.25, 0.3) is 0 Å². The molecule has 3 rings (SSSR count). The molecule has 146 valence electrons. The van der Waals surface area contributed by atoms with Crippen LogP contribution in [0.1, 0.15) is 52.4 Å². The van der Waals surface area contributed by atoms with Crippen molar-refractivity contribution in [1.82, 2.24) is 20.9 Å². The second-order valence-electron chi connectivity index (χ2n) is 6.61. The fraction of sp³-hybridized carbons (Fsp3) is 0.833. The Morgan fingerprint density at radius 3 is 2.40 bits per heavy atom. The number of likely N-dealkylation sites (N-methyl/N-ethyl adjacent to an activating group) is 1. The van der Waals surface area contributed by atoms with E-state index in [4.69, 9.17) is 5.73 Å². The van der Waals surface area contributed by atoms with Crippen LogP contribution in [0.5, 0.6) is 0 Å². The Balaban J connectivity index is 0.000000264. The molecule has 1 unspecified atom stereocenters. The van der Waals surface area contributed by atoms with Gasteiger partial charge in [-0.3, -0.25) is 0 Å². The molecule has 3 aliphatic rings. The van der Waals surface area contributed by atoms with Crippen LogP contribution < -0.4 is 21.7 Å². The number of carbonyl (C=O) groups is 1. The highest BCUT2D eigenvalue weighted by Crippen LogP contribution is 2.20. The van der Waals surface area contributed by atoms with E-state index in [2.05, 4.69) is 28.6 Å². The van der Waals surface area contributed by atoms with Gasteiger partial charge < -0.3 is 26.6 Å². The van der Waals surface area contributed by atoms with Gasteiger partial charge in [0.25, 0.3) is 0 Å². The topological polar surface area (TPSA) is 82.4 Å². The van der Waals surface area contributed by atoms with Crippen LogP contribution in [-0.2, 0) is 0 Å². The molecular weight excluding hydrogens is 334 g/mol. The fourth-order valence-electron chi connectivity index (χ4n) is 3.29. The summed E-state index contributed by atoms with van der Waals surface area (Å²) in [7, 11) is 2.00. The predicted octanol–water partition coefficient (Wildman–Crippen LogP) is 2.04. The minimum atomic E-state index is -0.00565. The summed E-state index contributed by atoms with van der Waals surface area (Å²) in [6.45, 7) is 7.40. The van der Waals surface area contributed by atoms with Crippen LogP contribution in [0, 0.1) is 0 Å². The molecular formula is C18H37N5OS. The first-order valence-electron chi connectivity index (χ1n) is 9.70. The summed E-state index contributed by atoms with van der Waals surface area (Å²) >= 11 is 4.22. The molecule has 2 fully saturated rings. The Bertz CT molecular complexity index is 404. The number of urea groups is 1. The van der Waals surface area contributed by atoms with Crippen molar-refractivity contribution in [3.63, 3.8) is 0 Å². The Kier molecular flexibility index (Phi) is 11.0. The number of rotatable bonds is 3. The maximum absolute atomic E-state index is 11.8. The number of carbonyl (C=O) groups excluding carboxylic acids is 1. The molecule has 2 heterocycles. The summed E-state index contributed by atoms with van der Waals surface area (Å²) in [5, 5.41) is 9.57. The van der Waals surface area contributed by atoms with Crippen molar-refractivity contribution in [2.45, 2.75) is 64.5 Å². The molecule has 5 N–H and O–H groups in total. The summed E-state index contributed by atoms with van der Waals surface area (Å²) in [6.07, 6.45) is 7.37. The van der Waals surface area contributed by atoms with Crippen molar-refractivity contribution in [1.29, 1.82) is 0 Å². The molecule has 1 saturated heterocycles. The average molecular weight is 372 g/mol. The zero-order chi connectivity index (χ0) is 18.7. The van der Waals surface area contributed by atoms with E-state index in [1.807, 2.05) is 20.9 Å². The molecule has 0 aromatic heterocycles. The van der Waals surface area contributed by atoms with Gasteiger partial charge in [-0.25, -0.2) is 4.79 Å². The first-order valence-corrected chi connectivity index (χ1v) is 10.1. The minimum absolute atomic E-state index is 0.00565. The van der Waals surface area contributed by atoms with Gasteiger partial charge >= 0.3 is 6.03 Å². The highest BCUT2D eigenvalue weighted by molar-refractivity contribution is 7.84. The molecule has 6 nitrogen and oxygen atoms in total. The van der Waals surface area contributed by atoms with Crippen LogP contribution in [-0.4, -0.2) is 56.2 Å². The van der Waals surface area contributed by atoms with Crippen LogP contribution in [0.15, 0.2) is 10.6 Å². The molecule has 7 heteroatoms. The van der Waals surface area contributed by atoms with Gasteiger partial charge in [-0.2, -0.15) is 0 Å². The van der Waals surface area contributed by atoms with Gasteiger partial charge in [0.2, 0.25) is 0 Å². The fourth-order valence-corrected chi connectivity index (χ4v) is 3.53. The molecule has 25 heavy (non-hydrogen) atoms. The largest absolute Gasteiger partial charge is 0.400 e. The van der Waals surface area contributed by atoms with Crippen LogP contribution >= 0.6 is 12.6 Å². The molecule has 1 saturated carbocycles. The number of nitrogens with zero attached hydrogens (tertiary/aromatic N) is 1. The normalized spacial score (nSPS) is 23.0. The molecule has 0 aromatic carbocycles. The molecule has 0 aromatic rings. The average Bonchev–Trinajstić information content (AvgIpc) is 3.35. The maximum atomic E-state index is 11.8. The van der Waals surface area contributed by atoms with E-state index < -0.39 is 0 Å². The third kappa shape index (κ3) is 7.88. The molecule has 2 aliphatic heterocycles. The number of thiol groups is 1. The lowest BCUT2D eigenvalue weighted by Gasteiger charge is -2.20. The number of amides is 2. The molecule has 0 radical (unpaired) electrons. The highest BCUT2D eigenvalue weighted by atomic mass is 32.1. The highest BCUT2D eigenvalue weighted by Gasteiger charge is 2.25. The molecule has 1 aliphatic carbocycles. The van der Waals surface area contributed by atoms with E-state index >= 15 is 0 Å². The Labute approximate surface area is 158 Å². The van der Waals surface area contributed by atoms with E-state index in [-0.39, 0.29) is 6.03 Å². The second kappa shape index (κ2) is 12.4. The number of hydrogen-bond donors (Lipinski definition) is 5. The standard InChI is InChI=1S/C10H17N3OS.C6H14N2.C2H6/c11-8-5-13(6-9(8)15)10(14)12-7-3-1-2-4-7;1-7-5-6-3-2-4-8-6;1-2/h7,15H,1-6,11H2,(H,12,14);6-8H,2-5H2,1H3;1-2H3. The molecule has 0 spiro atoms. The zero-order valence-corrected chi connectivity index (χ0v) is 17.0. The zero-order valence-electron chi connectivity index (χ0n) is 16.1. The van der Waals surface area contributed by atoms with Crippen LogP contribution in [0.4, 0.5) is 4.79 Å². The maximum Gasteiger partial charge on any atom is 0.318 e. The molecule has 2 amide bonds. The van der Waals surface area contributed by atoms with Crippen molar-refractivity contribution < 1.29 is 4.79 Å². The van der Waals surface area contributed by atoms with Gasteiger partial charge in [-0.05, 0) is 39.3 Å². The first-order chi connectivity index (χ1) is 12.1. The van der Waals surface area contributed by atoms with Crippen LogP contribution in [0.3, 0.4) is 0 Å². The van der Waals surface area contributed by atoms with E-state index in [9.17, 15) is 4.79 Å². The van der Waals surface area contributed by atoms with Crippen LogP contribution in [0.2, 0.25) is 0 Å². The Hall–Kier alpha value is -0.920. The lowest BCUT2D eigenvalue weighted by molar-refractivity contribution is 0.206. The summed E-state index contributed by atoms with van der Waals surface area (Å²) in [5.74, 6) is 0. The van der Waals surface area contributed by atoms with Gasteiger partial charge in [0.1, 0.15) is 0 Å². The van der Waals surface area contributed by atoms with E-state index in [1.54, 1.807) is 4.90 Å². The van der Waals surface area contributed by atoms with Gasteiger partial charge in [-0.1, -0.05) is 26.7 Å². The first kappa shape index (κ1) is 22.1. The second-order valence-corrected chi connectivity index (χ2v) is 7.15. The van der Waals surface area contributed by atoms with Crippen molar-refractivity contribution in [3.05, 3.63) is 10.6 Å². The third-order valence-corrected chi connectivity index (χ3v) is 5.08. The molecule has 1 atom stereocenters. The summed E-state index contributed by atoms with van der Waals surface area (Å²) < 4.78 is 0. The SMILES string of the molecule is CC.CNCC1CCCN1.NC1=C(S)CN(C(=O)NC2CCCC2)C1. The van der Waals surface area contributed by atoms with E-state index in [0.29, 0.717) is 24.8 Å². The molecule has 0 bridgehead atoms. The lowest BCUT2D eigenvalue weighted by atomic mass is 10.2. The van der Waals surface area contributed by atoms with Crippen molar-refractivity contribution in [3.8, 4) is 0 Å². The van der Waals surface area contributed by atoms with Crippen molar-refractivity contribution in [2.75, 3.05) is 33.2 Å². The van der Waals surface area contributed by atoms with Gasteiger partial charge in [0, 0.05) is 29.2 Å². The van der Waals surface area contributed by atoms with E-state index in [0.717, 1.165) is 30.3 Å². The Morgan fingerprint density at radius 2 is 1.92 bits per heavy atom. The lowest BCUT2D eigenvalue weighted by Crippen LogP contribution is -2.43. The minimum Gasteiger partial charge on any atom is -0.400 e. The number of nitrogens with one attached hydrogen (secondary N) is 3. The smallest absolute Gasteiger partial charge is 0.318 e. The third-order valence-electron chi connectivity index (χ3n) is 4.66.